The average molecular weight is 327 g/mol. The summed E-state index contributed by atoms with van der Waals surface area (Å²) in [6, 6.07) is 10.0. The molecule has 0 unspecified atom stereocenters. The number of nitrogens with zero attached hydrogens (tertiary/aromatic N) is 3. The van der Waals surface area contributed by atoms with Crippen LogP contribution in [-0.4, -0.2) is 25.7 Å². The van der Waals surface area contributed by atoms with Crippen LogP contribution < -0.4 is 5.32 Å². The molecule has 0 saturated heterocycles. The average Bonchev–Trinajstić information content (AvgIpc) is 2.96. The molecule has 0 radical (unpaired) electrons. The molecule has 10 nitrogen and oxygen atoms in total. The molecule has 2 N–H and O–H groups in total. The number of carbonyl (C=O) groups is 1. The predicted octanol–water partition coefficient (Wildman–Crippen LogP) is 2.63. The van der Waals surface area contributed by atoms with Crippen LogP contribution in [-0.2, 0) is 0 Å². The number of anilines is 1. The lowest BCUT2D eigenvalue weighted by Crippen LogP contribution is -2.13. The third-order valence-corrected chi connectivity index (χ3v) is 3.25. The molecular weight excluding hydrogens is 318 g/mol. The van der Waals surface area contributed by atoms with Gasteiger partial charge in [-0.3, -0.25) is 30.3 Å². The van der Waals surface area contributed by atoms with Gasteiger partial charge in [0.05, 0.1) is 20.9 Å². The molecular formula is C14H9N5O5. The minimum atomic E-state index is -0.907. The Kier molecular flexibility index (Phi) is 3.62. The van der Waals surface area contributed by atoms with Gasteiger partial charge in [-0.2, -0.15) is 0 Å². The second-order valence-corrected chi connectivity index (χ2v) is 4.77. The van der Waals surface area contributed by atoms with Crippen molar-refractivity contribution in [1.29, 1.82) is 0 Å². The fraction of sp³-hybridized carbons (Fsp3) is 0. The number of hydrogen-bond acceptors (Lipinski definition) is 6. The van der Waals surface area contributed by atoms with Crippen molar-refractivity contribution in [3.8, 4) is 0 Å². The molecule has 120 valence electrons. The fourth-order valence-electron chi connectivity index (χ4n) is 2.16. The summed E-state index contributed by atoms with van der Waals surface area (Å²) in [5.74, 6) is -0.505. The Balaban J connectivity index is 1.90. The predicted molar refractivity (Wildman–Crippen MR) is 83.8 cm³/mol. The number of amides is 1. The highest BCUT2D eigenvalue weighted by molar-refractivity contribution is 6.04. The van der Waals surface area contributed by atoms with Crippen LogP contribution in [0.4, 0.5) is 17.3 Å². The first kappa shape index (κ1) is 15.1. The van der Waals surface area contributed by atoms with Crippen molar-refractivity contribution in [3.63, 3.8) is 0 Å². The van der Waals surface area contributed by atoms with Crippen LogP contribution in [0.2, 0.25) is 0 Å². The Morgan fingerprint density at radius 3 is 2.42 bits per heavy atom. The molecule has 0 aliphatic rings. The van der Waals surface area contributed by atoms with E-state index in [0.29, 0.717) is 11.0 Å². The first-order valence-corrected chi connectivity index (χ1v) is 6.64. The lowest BCUT2D eigenvalue weighted by Gasteiger charge is -2.02. The van der Waals surface area contributed by atoms with E-state index in [1.807, 2.05) is 0 Å². The molecule has 3 aromatic rings. The number of rotatable bonds is 4. The van der Waals surface area contributed by atoms with Crippen molar-refractivity contribution in [2.45, 2.75) is 0 Å². The van der Waals surface area contributed by atoms with E-state index < -0.39 is 27.1 Å². The zero-order chi connectivity index (χ0) is 17.3. The van der Waals surface area contributed by atoms with E-state index in [0.717, 1.165) is 18.2 Å². The van der Waals surface area contributed by atoms with Crippen LogP contribution in [0.3, 0.4) is 0 Å². The molecule has 1 heterocycles. The van der Waals surface area contributed by atoms with Crippen molar-refractivity contribution in [2.75, 3.05) is 5.32 Å². The third kappa shape index (κ3) is 2.75. The summed E-state index contributed by atoms with van der Waals surface area (Å²) in [5.41, 5.74) is -0.171. The minimum Gasteiger partial charge on any atom is -0.324 e. The first-order chi connectivity index (χ1) is 11.5. The van der Waals surface area contributed by atoms with Gasteiger partial charge in [0.2, 0.25) is 5.95 Å². The largest absolute Gasteiger partial charge is 0.346 e. The Morgan fingerprint density at radius 2 is 1.75 bits per heavy atom. The van der Waals surface area contributed by atoms with Crippen LogP contribution in [0.25, 0.3) is 11.0 Å². The lowest BCUT2D eigenvalue weighted by molar-refractivity contribution is -0.422. The van der Waals surface area contributed by atoms with E-state index in [1.54, 1.807) is 24.3 Å². The van der Waals surface area contributed by atoms with Gasteiger partial charge in [0, 0.05) is 17.7 Å². The van der Waals surface area contributed by atoms with Crippen LogP contribution in [0.1, 0.15) is 10.4 Å². The summed E-state index contributed by atoms with van der Waals surface area (Å²) in [6.45, 7) is 0. The molecule has 10 heteroatoms. The van der Waals surface area contributed by atoms with Crippen molar-refractivity contribution < 1.29 is 14.6 Å². The third-order valence-electron chi connectivity index (χ3n) is 3.25. The highest BCUT2D eigenvalue weighted by Crippen LogP contribution is 2.27. The van der Waals surface area contributed by atoms with E-state index in [-0.39, 0.29) is 11.5 Å². The van der Waals surface area contributed by atoms with Gasteiger partial charge in [-0.05, 0) is 18.2 Å². The zero-order valence-corrected chi connectivity index (χ0v) is 11.9. The van der Waals surface area contributed by atoms with Crippen LogP contribution in [0, 0.1) is 20.2 Å². The molecule has 3 rings (SSSR count). The van der Waals surface area contributed by atoms with Gasteiger partial charge in [0.1, 0.15) is 0 Å². The highest BCUT2D eigenvalue weighted by atomic mass is 16.6. The van der Waals surface area contributed by atoms with Crippen LogP contribution >= 0.6 is 0 Å². The summed E-state index contributed by atoms with van der Waals surface area (Å²) >= 11 is 0. The minimum absolute atomic E-state index is 0.0900. The summed E-state index contributed by atoms with van der Waals surface area (Å²) in [7, 11) is 0. The van der Waals surface area contributed by atoms with Crippen LogP contribution in [0.15, 0.2) is 42.5 Å². The monoisotopic (exact) mass is 327 g/mol. The fourth-order valence-corrected chi connectivity index (χ4v) is 2.16. The molecule has 0 aliphatic heterocycles. The smallest absolute Gasteiger partial charge is 0.324 e. The zero-order valence-electron chi connectivity index (χ0n) is 11.9. The number of para-hydroxylation sites is 2. The SMILES string of the molecule is O=C(Nc1nc2ccccc2[nH]1)c1ccc([N+](=O)[O-])c([N+](=O)[O-])c1. The number of carbonyl (C=O) groups excluding carboxylic acids is 1. The van der Waals surface area contributed by atoms with Gasteiger partial charge in [0.25, 0.3) is 5.91 Å². The highest BCUT2D eigenvalue weighted by Gasteiger charge is 2.25. The second kappa shape index (κ2) is 5.76. The van der Waals surface area contributed by atoms with Crippen molar-refractivity contribution in [2.24, 2.45) is 0 Å². The van der Waals surface area contributed by atoms with E-state index in [4.69, 9.17) is 0 Å². The lowest BCUT2D eigenvalue weighted by atomic mass is 10.1. The van der Waals surface area contributed by atoms with Gasteiger partial charge in [-0.25, -0.2) is 4.98 Å². The Hall–Kier alpha value is -3.82. The quantitative estimate of drug-likeness (QED) is 0.556. The maximum absolute atomic E-state index is 12.2. The number of nitrogens with one attached hydrogen (secondary N) is 2. The standard InChI is InChI=1S/C14H9N5O5/c20-13(17-14-15-9-3-1-2-4-10(9)16-14)8-5-6-11(18(21)22)12(7-8)19(23)24/h1-7H,(H2,15,16,17,20). The summed E-state index contributed by atoms with van der Waals surface area (Å²) in [6.07, 6.45) is 0. The van der Waals surface area contributed by atoms with E-state index >= 15 is 0 Å². The molecule has 2 aromatic carbocycles. The topological polar surface area (TPSA) is 144 Å². The van der Waals surface area contributed by atoms with Gasteiger partial charge < -0.3 is 4.98 Å². The number of aromatic nitrogens is 2. The molecule has 0 bridgehead atoms. The van der Waals surface area contributed by atoms with E-state index in [2.05, 4.69) is 15.3 Å². The first-order valence-electron chi connectivity index (χ1n) is 6.64. The number of nitro benzene ring substituents is 2. The molecule has 1 amide bonds. The summed E-state index contributed by atoms with van der Waals surface area (Å²) in [4.78, 5) is 39.1. The summed E-state index contributed by atoms with van der Waals surface area (Å²) in [5, 5.41) is 24.2. The number of fused-ring (bicyclic) bond motifs is 1. The number of imidazole rings is 1. The molecule has 0 aliphatic carbocycles. The van der Waals surface area contributed by atoms with Crippen molar-refractivity contribution in [1.82, 2.24) is 9.97 Å². The van der Waals surface area contributed by atoms with Crippen molar-refractivity contribution >= 4 is 34.3 Å². The Bertz CT molecular complexity index is 948. The Labute approximate surface area is 133 Å². The van der Waals surface area contributed by atoms with Crippen LogP contribution in [0.5, 0.6) is 0 Å². The number of benzene rings is 2. The molecule has 0 atom stereocenters. The maximum Gasteiger partial charge on any atom is 0.346 e. The summed E-state index contributed by atoms with van der Waals surface area (Å²) < 4.78 is 0. The number of nitro groups is 2. The molecule has 0 saturated carbocycles. The van der Waals surface area contributed by atoms with E-state index in [1.165, 1.54) is 0 Å². The number of aromatic amines is 1. The number of hydrogen-bond donors (Lipinski definition) is 2. The normalized spacial score (nSPS) is 10.5. The van der Waals surface area contributed by atoms with Gasteiger partial charge in [-0.15, -0.1) is 0 Å². The molecule has 0 spiro atoms. The van der Waals surface area contributed by atoms with Crippen molar-refractivity contribution in [3.05, 3.63) is 68.3 Å². The Morgan fingerprint density at radius 1 is 1.04 bits per heavy atom. The molecule has 1 aromatic heterocycles. The molecule has 0 fully saturated rings. The second-order valence-electron chi connectivity index (χ2n) is 4.77. The maximum atomic E-state index is 12.2. The van der Waals surface area contributed by atoms with Gasteiger partial charge in [0.15, 0.2) is 0 Å². The molecule has 24 heavy (non-hydrogen) atoms. The van der Waals surface area contributed by atoms with Gasteiger partial charge >= 0.3 is 11.4 Å². The number of H-pyrrole nitrogens is 1. The van der Waals surface area contributed by atoms with Gasteiger partial charge in [-0.1, -0.05) is 12.1 Å². The van der Waals surface area contributed by atoms with E-state index in [9.17, 15) is 25.0 Å².